The van der Waals surface area contributed by atoms with Gasteiger partial charge in [0.15, 0.2) is 17.0 Å². The van der Waals surface area contributed by atoms with Crippen LogP contribution in [0, 0.1) is 58.7 Å². The van der Waals surface area contributed by atoms with Gasteiger partial charge >= 0.3 is 24.0 Å². The number of phenolic OH excluding ortho intramolecular Hbond substituents is 1. The van der Waals surface area contributed by atoms with Crippen LogP contribution in [0.15, 0.2) is 75.5 Å². The molecule has 624 valence electrons. The summed E-state index contributed by atoms with van der Waals surface area (Å²) in [6.07, 6.45) is 11.0. The predicted octanol–water partition coefficient (Wildman–Crippen LogP) is 10.9. The first-order valence-electron chi connectivity index (χ1n) is 40.8. The van der Waals surface area contributed by atoms with Gasteiger partial charge in [0.05, 0.1) is 44.6 Å². The maximum atomic E-state index is 14.3. The van der Waals surface area contributed by atoms with Crippen LogP contribution in [0.5, 0.6) is 5.75 Å². The van der Waals surface area contributed by atoms with Crippen molar-refractivity contribution in [2.45, 2.75) is 214 Å². The van der Waals surface area contributed by atoms with Crippen molar-refractivity contribution < 1.29 is 101 Å². The van der Waals surface area contributed by atoms with Gasteiger partial charge in [-0.1, -0.05) is 78.0 Å². The van der Waals surface area contributed by atoms with Crippen LogP contribution in [-0.2, 0) is 62.1 Å². The number of carbonyl (C=O) groups excluding carboxylic acids is 9. The molecular formula is C86H118N6O22. The maximum absolute atomic E-state index is 14.3. The van der Waals surface area contributed by atoms with Crippen LogP contribution in [0.3, 0.4) is 0 Å². The van der Waals surface area contributed by atoms with Crippen LogP contribution >= 0.6 is 0 Å². The third-order valence-corrected chi connectivity index (χ3v) is 23.7. The Bertz CT molecular complexity index is 4080. The molecule has 3 saturated carbocycles. The van der Waals surface area contributed by atoms with Crippen molar-refractivity contribution in [3.8, 4) is 28.2 Å². The third-order valence-electron chi connectivity index (χ3n) is 23.7. The Balaban J connectivity index is 0.788. The lowest BCUT2D eigenvalue weighted by atomic mass is 9.48. The van der Waals surface area contributed by atoms with E-state index in [0.29, 0.717) is 71.3 Å². The number of rotatable bonds is 49. The van der Waals surface area contributed by atoms with E-state index in [1.54, 1.807) is 6.07 Å². The molecule has 0 spiro atoms. The summed E-state index contributed by atoms with van der Waals surface area (Å²) in [5, 5.41) is 56.2. The Labute approximate surface area is 666 Å². The van der Waals surface area contributed by atoms with Crippen molar-refractivity contribution in [1.82, 2.24) is 31.9 Å². The fourth-order valence-electron chi connectivity index (χ4n) is 17.7. The average molecular weight is 1590 g/mol. The number of aromatic carboxylic acids is 1. The van der Waals surface area contributed by atoms with E-state index >= 15 is 0 Å². The SMILES string of the molecule is CC(=O)CCOCCOCCOCCCC(=O)[C@H](CNC(=O)CCCCCNC(=O)c1ccc(-c2c3ccc(=O)cc-3oc3cc(O)ccc23)c(C(=O)O)c1)NC(=O)[C@H](CCC(=O)O)CC(=O)[C@H](CCC(=O)O)NC(=O)CCNC(=O)CCNC(=O)O[C@H]1CCC2C(=CC[C@H]3C2CC(C)C2(C)C(C(C)CCCC(C)C)CCC32)C1. The van der Waals surface area contributed by atoms with Crippen LogP contribution < -0.4 is 37.3 Å². The number of aromatic hydroxyl groups is 1. The van der Waals surface area contributed by atoms with Gasteiger partial charge in [-0.05, 0) is 172 Å². The molecule has 1 aliphatic heterocycles. The van der Waals surface area contributed by atoms with Crippen LogP contribution in [0.2, 0.25) is 0 Å². The normalized spacial score (nSPS) is 20.7. The molecule has 5 aliphatic carbocycles. The molecule has 0 saturated heterocycles. The number of benzene rings is 3. The third kappa shape index (κ3) is 26.6. The van der Waals surface area contributed by atoms with E-state index in [0.717, 1.165) is 42.9 Å². The van der Waals surface area contributed by atoms with E-state index in [9.17, 15) is 82.8 Å². The predicted molar refractivity (Wildman–Crippen MR) is 423 cm³/mol. The summed E-state index contributed by atoms with van der Waals surface area (Å²) >= 11 is 0. The first-order valence-corrected chi connectivity index (χ1v) is 40.8. The number of ether oxygens (including phenoxy) is 4. The number of amides is 6. The second-order valence-electron chi connectivity index (χ2n) is 32.2. The zero-order valence-corrected chi connectivity index (χ0v) is 66.9. The molecule has 1 heterocycles. The number of hydrogen-bond donors (Lipinski definition) is 10. The number of Topliss-reactive ketones (excluding diaryl/α,β-unsaturated/α-hetero) is 3. The zero-order chi connectivity index (χ0) is 82.6. The van der Waals surface area contributed by atoms with E-state index in [2.05, 4.69) is 72.6 Å². The molecule has 12 atom stereocenters. The van der Waals surface area contributed by atoms with Gasteiger partial charge in [-0.3, -0.25) is 52.7 Å². The molecular weight excluding hydrogens is 1470 g/mol. The fourth-order valence-corrected chi connectivity index (χ4v) is 17.7. The largest absolute Gasteiger partial charge is 0.508 e. The highest BCUT2D eigenvalue weighted by atomic mass is 16.6. The van der Waals surface area contributed by atoms with Crippen LogP contribution in [0.25, 0.3) is 33.4 Å². The van der Waals surface area contributed by atoms with E-state index in [-0.39, 0.29) is 149 Å². The lowest BCUT2D eigenvalue weighted by Gasteiger charge is -2.57. The van der Waals surface area contributed by atoms with Crippen LogP contribution in [-0.4, -0.2) is 175 Å². The number of phenols is 1. The highest BCUT2D eigenvalue weighted by molar-refractivity contribution is 6.09. The van der Waals surface area contributed by atoms with E-state index in [1.165, 1.54) is 99.6 Å². The number of unbranched alkanes of at least 4 members (excludes halogenated alkanes) is 2. The molecule has 28 nitrogen and oxygen atoms in total. The van der Waals surface area contributed by atoms with E-state index in [1.807, 2.05) is 0 Å². The molecule has 7 unspecified atom stereocenters. The van der Waals surface area contributed by atoms with E-state index in [4.69, 9.17) is 23.4 Å². The first-order chi connectivity index (χ1) is 54.5. The van der Waals surface area contributed by atoms with Gasteiger partial charge in [0.25, 0.3) is 5.91 Å². The minimum Gasteiger partial charge on any atom is -0.508 e. The lowest BCUT2D eigenvalue weighted by molar-refractivity contribution is -0.140. The fraction of sp³-hybridized carbons (Fsp3) is 0.616. The Morgan fingerprint density at radius 2 is 1.32 bits per heavy atom. The summed E-state index contributed by atoms with van der Waals surface area (Å²) in [7, 11) is 0. The Hall–Kier alpha value is -9.41. The number of allylic oxidation sites excluding steroid dienone is 1. The molecule has 0 bridgehead atoms. The summed E-state index contributed by atoms with van der Waals surface area (Å²) in [4.78, 5) is 169. The van der Waals surface area contributed by atoms with E-state index < -0.39 is 122 Å². The molecule has 0 aromatic heterocycles. The molecule has 0 radical (unpaired) electrons. The number of fused-ring (bicyclic) bond motifs is 7. The van der Waals surface area contributed by atoms with Gasteiger partial charge in [-0.2, -0.15) is 0 Å². The van der Waals surface area contributed by atoms with Gasteiger partial charge in [0.1, 0.15) is 35.0 Å². The molecule has 6 amide bonds. The van der Waals surface area contributed by atoms with Crippen molar-refractivity contribution >= 4 is 81.9 Å². The number of ketones is 3. The number of nitrogens with one attached hydrogen (secondary N) is 6. The maximum Gasteiger partial charge on any atom is 0.407 e. The molecule has 6 aliphatic rings. The van der Waals surface area contributed by atoms with Gasteiger partial charge in [0, 0.05) is 131 Å². The van der Waals surface area contributed by atoms with Gasteiger partial charge in [-0.15, -0.1) is 0 Å². The molecule has 2 aromatic carbocycles. The second-order valence-corrected chi connectivity index (χ2v) is 32.2. The summed E-state index contributed by atoms with van der Waals surface area (Å²) in [5.41, 5.74) is 2.48. The Morgan fingerprint density at radius 3 is 2.04 bits per heavy atom. The van der Waals surface area contributed by atoms with Crippen molar-refractivity contribution in [2.75, 3.05) is 65.8 Å². The number of carboxylic acids is 3. The van der Waals surface area contributed by atoms with Gasteiger partial charge in [-0.25, -0.2) is 9.59 Å². The van der Waals surface area contributed by atoms with Crippen LogP contribution in [0.1, 0.15) is 216 Å². The highest BCUT2D eigenvalue weighted by Gasteiger charge is 2.59. The topological polar surface area (TPSA) is 425 Å². The number of aliphatic carboxylic acids is 2. The first kappa shape index (κ1) is 90.1. The monoisotopic (exact) mass is 1590 g/mol. The molecule has 3 fully saturated rings. The average Bonchev–Trinajstić information content (AvgIpc) is 1.51. The Morgan fingerprint density at radius 1 is 0.614 bits per heavy atom. The highest BCUT2D eigenvalue weighted by Crippen LogP contribution is 2.67. The number of alkyl carbamates (subject to hydrolysis) is 1. The quantitative estimate of drug-likeness (QED) is 0.0112. The smallest absolute Gasteiger partial charge is 0.407 e. The van der Waals surface area contributed by atoms with Crippen molar-refractivity contribution in [3.63, 3.8) is 0 Å². The van der Waals surface area contributed by atoms with Gasteiger partial charge in [0.2, 0.25) is 23.6 Å². The van der Waals surface area contributed by atoms with Crippen molar-refractivity contribution in [3.05, 3.63) is 87.6 Å². The molecule has 114 heavy (non-hydrogen) atoms. The Kier molecular flexibility index (Phi) is 35.2. The standard InChI is InChI=1S/C86H118N6O22/c1-51(2)12-10-13-52(3)68-27-28-69-62-22-16-55-45-60(21-26-61(55)66(62)44-53(4)86(68,69)6)113-85(109)89-37-32-77(99)87-36-33-78(100)91-70(29-31-80(103)104)73(97)47-57(18-30-79(101)102)83(106)92-71(72(96)14-11-38-110-40-42-112-43-41-111-39-34-54(5)93)50-90-76(98)15-8-7-9-35-88-82(105)56-17-23-63(67(46-56)84(107)108)81-64-24-19-58(94)48-74(64)114-75-49-59(95)20-25-65(75)81/h16-17,19-20,23-25,46,48-49,51-53,57,60-62,66,68-71,94H,7-15,18,21-22,26-45,47,50H2,1-6H3,(H,87,99)(H,88,105)(H,89,109)(H,90,98)(H,91,100)(H,92,106)(H,101,102)(H,103,104)(H,107,108)/t52?,53?,57-,60+,61?,62+,66?,68?,69?,70+,71+,86?/m1/s1. The second kappa shape index (κ2) is 44.5. The zero-order valence-electron chi connectivity index (χ0n) is 66.9. The lowest BCUT2D eigenvalue weighted by Crippen LogP contribution is -2.51. The minimum atomic E-state index is -1.48. The molecule has 8 rings (SSSR count). The minimum absolute atomic E-state index is 0.00197. The summed E-state index contributed by atoms with van der Waals surface area (Å²) < 4.78 is 28.3. The molecule has 10 N–H and O–H groups in total. The van der Waals surface area contributed by atoms with Crippen molar-refractivity contribution in [2.24, 2.45) is 58.7 Å². The summed E-state index contributed by atoms with van der Waals surface area (Å²) in [6.45, 7) is 14.4. The molecule has 2 aromatic rings. The number of hydrogen-bond acceptors (Lipinski definition) is 19. The molecule has 28 heteroatoms. The number of carboxylic acid groups (broad SMARTS) is 3. The van der Waals surface area contributed by atoms with Crippen molar-refractivity contribution in [1.29, 1.82) is 0 Å². The van der Waals surface area contributed by atoms with Crippen LogP contribution in [0.4, 0.5) is 4.79 Å². The summed E-state index contributed by atoms with van der Waals surface area (Å²) in [6, 6.07) is 9.68. The number of carbonyl (C=O) groups is 12. The summed E-state index contributed by atoms with van der Waals surface area (Å²) in [5.74, 6) is -4.53. The van der Waals surface area contributed by atoms with Gasteiger partial charge < -0.3 is 75.7 Å².